The largest absolute Gasteiger partial charge is 0.463 e. The normalized spacial score (nSPS) is 18.7. The number of halogens is 1. The van der Waals surface area contributed by atoms with Gasteiger partial charge in [-0.3, -0.25) is 4.99 Å². The van der Waals surface area contributed by atoms with Crippen molar-refractivity contribution in [2.75, 3.05) is 13.1 Å². The summed E-state index contributed by atoms with van der Waals surface area (Å²) < 4.78 is 5.35. The average Bonchev–Trinajstić information content (AvgIpc) is 2.79. The van der Waals surface area contributed by atoms with E-state index in [4.69, 9.17) is 4.42 Å². The molecule has 2 aliphatic rings. The van der Waals surface area contributed by atoms with Crippen LogP contribution in [-0.4, -0.2) is 23.2 Å². The Balaban J connectivity index is 0.000000750. The third kappa shape index (κ3) is 1.35. The van der Waals surface area contributed by atoms with E-state index in [1.165, 1.54) is 0 Å². The highest BCUT2D eigenvalue weighted by Gasteiger charge is 2.28. The summed E-state index contributed by atoms with van der Waals surface area (Å²) in [4.78, 5) is 6.57. The third-order valence-electron chi connectivity index (χ3n) is 2.14. The smallest absolute Gasteiger partial charge is 0.168 e. The Morgan fingerprint density at radius 1 is 1.50 bits per heavy atom. The number of furan rings is 1. The zero-order valence-corrected chi connectivity index (χ0v) is 8.98. The number of aliphatic imine (C=N–C) groups is 1. The van der Waals surface area contributed by atoms with E-state index >= 15 is 0 Å². The molecular formula is C9H9ClN2OS. The molecular weight excluding hydrogens is 220 g/mol. The van der Waals surface area contributed by atoms with Gasteiger partial charge in [0.15, 0.2) is 10.9 Å². The summed E-state index contributed by atoms with van der Waals surface area (Å²) in [7, 11) is 0. The molecule has 74 valence electrons. The van der Waals surface area contributed by atoms with Crippen molar-refractivity contribution in [3.05, 3.63) is 29.6 Å². The second kappa shape index (κ2) is 3.71. The molecule has 0 aliphatic carbocycles. The van der Waals surface area contributed by atoms with Crippen LogP contribution in [0.25, 0.3) is 5.70 Å². The number of fused-ring (bicyclic) bond motifs is 1. The number of hydrogen-bond donors (Lipinski definition) is 0. The summed E-state index contributed by atoms with van der Waals surface area (Å²) in [6.07, 6.45) is 1.70. The van der Waals surface area contributed by atoms with Crippen LogP contribution in [0.4, 0.5) is 0 Å². The Morgan fingerprint density at radius 2 is 2.43 bits per heavy atom. The van der Waals surface area contributed by atoms with Crippen molar-refractivity contribution >= 4 is 35.0 Å². The summed E-state index contributed by atoms with van der Waals surface area (Å²) in [5, 5.41) is 3.20. The van der Waals surface area contributed by atoms with Crippen LogP contribution in [0.15, 0.2) is 33.2 Å². The van der Waals surface area contributed by atoms with Crippen LogP contribution in [0.1, 0.15) is 5.76 Å². The maximum Gasteiger partial charge on any atom is 0.168 e. The first-order chi connectivity index (χ1) is 6.45. The number of hydrogen-bond acceptors (Lipinski definition) is 4. The monoisotopic (exact) mass is 228 g/mol. The average molecular weight is 229 g/mol. The minimum absolute atomic E-state index is 0. The zero-order valence-electron chi connectivity index (χ0n) is 7.34. The molecule has 0 bridgehead atoms. The van der Waals surface area contributed by atoms with Crippen LogP contribution >= 0.6 is 24.2 Å². The highest BCUT2D eigenvalue weighted by Crippen LogP contribution is 2.35. The summed E-state index contributed by atoms with van der Waals surface area (Å²) in [5.41, 5.74) is 1.14. The van der Waals surface area contributed by atoms with Gasteiger partial charge in [0.2, 0.25) is 0 Å². The van der Waals surface area contributed by atoms with E-state index in [1.807, 2.05) is 12.1 Å². The van der Waals surface area contributed by atoms with Gasteiger partial charge in [-0.05, 0) is 12.1 Å². The van der Waals surface area contributed by atoms with Gasteiger partial charge in [0.1, 0.15) is 0 Å². The molecule has 0 saturated carbocycles. The molecule has 3 heterocycles. The van der Waals surface area contributed by atoms with Gasteiger partial charge in [-0.1, -0.05) is 11.8 Å². The minimum atomic E-state index is 0. The van der Waals surface area contributed by atoms with Crippen LogP contribution in [0, 0.1) is 0 Å². The van der Waals surface area contributed by atoms with E-state index in [9.17, 15) is 0 Å². The molecule has 0 N–H and O–H groups in total. The first kappa shape index (κ1) is 9.68. The second-order valence-electron chi connectivity index (χ2n) is 2.91. The lowest BCUT2D eigenvalue weighted by atomic mass is 10.3. The van der Waals surface area contributed by atoms with E-state index in [-0.39, 0.29) is 12.4 Å². The van der Waals surface area contributed by atoms with Crippen molar-refractivity contribution < 1.29 is 4.42 Å². The van der Waals surface area contributed by atoms with Gasteiger partial charge in [0.05, 0.1) is 18.5 Å². The lowest BCUT2D eigenvalue weighted by molar-refractivity contribution is 0.526. The Morgan fingerprint density at radius 3 is 3.21 bits per heavy atom. The Labute approximate surface area is 92.3 Å². The number of nitrogens with zero attached hydrogens (tertiary/aromatic N) is 2. The molecule has 5 heteroatoms. The van der Waals surface area contributed by atoms with Crippen molar-refractivity contribution in [2.45, 2.75) is 0 Å². The molecule has 0 fully saturated rings. The first-order valence-electron chi connectivity index (χ1n) is 4.18. The molecule has 2 aliphatic heterocycles. The van der Waals surface area contributed by atoms with Gasteiger partial charge in [-0.2, -0.15) is 0 Å². The number of thioether (sulfide) groups is 1. The predicted octanol–water partition coefficient (Wildman–Crippen LogP) is 2.42. The number of rotatable bonds is 1. The molecule has 1 aromatic heterocycles. The maximum atomic E-state index is 5.35. The molecule has 0 radical (unpaired) electrons. The molecule has 14 heavy (non-hydrogen) atoms. The summed E-state index contributed by atoms with van der Waals surface area (Å²) >= 11 is 1.67. The van der Waals surface area contributed by atoms with E-state index < -0.39 is 0 Å². The standard InChI is InChI=1S/C9H8N2OS.ClH/c1-2-8(12-5-1)7-6-13-9-10-3-4-11(7)9;/h1-2,5-6H,3-4H2;1H. The van der Waals surface area contributed by atoms with Gasteiger partial charge >= 0.3 is 0 Å². The molecule has 0 atom stereocenters. The fourth-order valence-corrected chi connectivity index (χ4v) is 2.48. The van der Waals surface area contributed by atoms with E-state index in [1.54, 1.807) is 18.0 Å². The van der Waals surface area contributed by atoms with Crippen molar-refractivity contribution in [1.29, 1.82) is 0 Å². The first-order valence-corrected chi connectivity index (χ1v) is 5.06. The predicted molar refractivity (Wildman–Crippen MR) is 60.5 cm³/mol. The van der Waals surface area contributed by atoms with Gasteiger partial charge in [0, 0.05) is 12.0 Å². The molecule has 0 amide bonds. The highest BCUT2D eigenvalue weighted by molar-refractivity contribution is 8.16. The summed E-state index contributed by atoms with van der Waals surface area (Å²) in [6, 6.07) is 3.89. The third-order valence-corrected chi connectivity index (χ3v) is 3.04. The molecule has 0 saturated heterocycles. The van der Waals surface area contributed by atoms with Crippen LogP contribution in [0.5, 0.6) is 0 Å². The SMILES string of the molecule is C1=C(c2ccco2)N2CCN=C2S1.Cl. The minimum Gasteiger partial charge on any atom is -0.463 e. The Bertz CT molecular complexity index is 386. The van der Waals surface area contributed by atoms with E-state index in [0.717, 1.165) is 29.7 Å². The van der Waals surface area contributed by atoms with Gasteiger partial charge in [-0.25, -0.2) is 0 Å². The van der Waals surface area contributed by atoms with E-state index in [0.29, 0.717) is 0 Å². The molecule has 0 unspecified atom stereocenters. The van der Waals surface area contributed by atoms with Crippen LogP contribution in [-0.2, 0) is 0 Å². The van der Waals surface area contributed by atoms with Gasteiger partial charge in [0.25, 0.3) is 0 Å². The van der Waals surface area contributed by atoms with Crippen molar-refractivity contribution in [3.63, 3.8) is 0 Å². The van der Waals surface area contributed by atoms with Crippen molar-refractivity contribution in [3.8, 4) is 0 Å². The van der Waals surface area contributed by atoms with Crippen molar-refractivity contribution in [2.24, 2.45) is 4.99 Å². The Kier molecular flexibility index (Phi) is 2.56. The van der Waals surface area contributed by atoms with Crippen LogP contribution in [0.3, 0.4) is 0 Å². The van der Waals surface area contributed by atoms with Crippen molar-refractivity contribution in [1.82, 2.24) is 4.90 Å². The molecule has 3 rings (SSSR count). The van der Waals surface area contributed by atoms with E-state index in [2.05, 4.69) is 15.3 Å². The van der Waals surface area contributed by atoms with Gasteiger partial charge < -0.3 is 9.32 Å². The lowest BCUT2D eigenvalue weighted by Gasteiger charge is -2.13. The molecule has 0 spiro atoms. The van der Waals surface area contributed by atoms with Gasteiger partial charge in [-0.15, -0.1) is 12.4 Å². The fraction of sp³-hybridized carbons (Fsp3) is 0.222. The maximum absolute atomic E-state index is 5.35. The quantitative estimate of drug-likeness (QED) is 0.739. The fourth-order valence-electron chi connectivity index (χ4n) is 1.54. The summed E-state index contributed by atoms with van der Waals surface area (Å²) in [6.45, 7) is 1.88. The molecule has 1 aromatic rings. The second-order valence-corrected chi connectivity index (χ2v) is 3.75. The highest BCUT2D eigenvalue weighted by atomic mass is 35.5. The topological polar surface area (TPSA) is 28.7 Å². The van der Waals surface area contributed by atoms with Crippen LogP contribution in [0.2, 0.25) is 0 Å². The number of amidine groups is 1. The molecule has 0 aromatic carbocycles. The van der Waals surface area contributed by atoms with Crippen LogP contribution < -0.4 is 0 Å². The Hall–Kier alpha value is -0.870. The zero-order chi connectivity index (χ0) is 8.67. The summed E-state index contributed by atoms with van der Waals surface area (Å²) in [5.74, 6) is 0.930. The molecule has 3 nitrogen and oxygen atoms in total. The lowest BCUT2D eigenvalue weighted by Crippen LogP contribution is -2.19.